The number of rotatable bonds is 3. The highest BCUT2D eigenvalue weighted by Gasteiger charge is 2.17. The minimum Gasteiger partial charge on any atom is -0.396 e. The van der Waals surface area contributed by atoms with Gasteiger partial charge >= 0.3 is 0 Å². The summed E-state index contributed by atoms with van der Waals surface area (Å²) in [4.78, 5) is 12.2. The van der Waals surface area contributed by atoms with Crippen LogP contribution in [0.2, 0.25) is 0 Å². The summed E-state index contributed by atoms with van der Waals surface area (Å²) in [6, 6.07) is 8.91. The number of carbonyl (C=O) groups is 1. The molecule has 26 heavy (non-hydrogen) atoms. The fraction of sp³-hybridized carbons (Fsp3) is 0. The topological polar surface area (TPSA) is 83.8 Å². The van der Waals surface area contributed by atoms with Crippen molar-refractivity contribution in [1.29, 1.82) is 0 Å². The van der Waals surface area contributed by atoms with E-state index in [0.29, 0.717) is 16.5 Å². The molecule has 4 rings (SSSR count). The van der Waals surface area contributed by atoms with Crippen molar-refractivity contribution in [2.75, 3.05) is 11.1 Å². The molecule has 0 aliphatic rings. The Morgan fingerprint density at radius 2 is 2.04 bits per heavy atom. The SMILES string of the molecule is Nc1ccc(-c2ccc3c(NC(=O)c4ccsc4)n[nH]c3c2F)cc1F. The van der Waals surface area contributed by atoms with E-state index < -0.39 is 11.6 Å². The lowest BCUT2D eigenvalue weighted by atomic mass is 10.0. The smallest absolute Gasteiger partial charge is 0.257 e. The molecule has 4 aromatic rings. The van der Waals surface area contributed by atoms with Gasteiger partial charge in [-0.2, -0.15) is 16.4 Å². The molecule has 0 saturated carbocycles. The van der Waals surface area contributed by atoms with E-state index in [0.717, 1.165) is 0 Å². The molecule has 2 heterocycles. The van der Waals surface area contributed by atoms with E-state index in [9.17, 15) is 13.6 Å². The zero-order valence-corrected chi connectivity index (χ0v) is 14.0. The van der Waals surface area contributed by atoms with Gasteiger partial charge < -0.3 is 11.1 Å². The fourth-order valence-electron chi connectivity index (χ4n) is 2.64. The highest BCUT2D eigenvalue weighted by molar-refractivity contribution is 7.08. The van der Waals surface area contributed by atoms with Crippen LogP contribution in [0, 0.1) is 11.6 Å². The first-order valence-electron chi connectivity index (χ1n) is 7.60. The van der Waals surface area contributed by atoms with Crippen molar-refractivity contribution in [3.05, 3.63) is 64.4 Å². The number of thiophene rings is 1. The van der Waals surface area contributed by atoms with E-state index in [1.165, 1.54) is 35.6 Å². The number of nitrogens with zero attached hydrogens (tertiary/aromatic N) is 1. The zero-order chi connectivity index (χ0) is 18.3. The molecular weight excluding hydrogens is 358 g/mol. The molecule has 0 aliphatic carbocycles. The van der Waals surface area contributed by atoms with Crippen LogP contribution < -0.4 is 11.1 Å². The van der Waals surface area contributed by atoms with Gasteiger partial charge in [0, 0.05) is 16.3 Å². The van der Waals surface area contributed by atoms with Gasteiger partial charge in [-0.1, -0.05) is 12.1 Å². The van der Waals surface area contributed by atoms with Gasteiger partial charge in [0.15, 0.2) is 11.6 Å². The molecule has 0 spiro atoms. The van der Waals surface area contributed by atoms with Crippen LogP contribution in [0.3, 0.4) is 0 Å². The van der Waals surface area contributed by atoms with Crippen molar-refractivity contribution < 1.29 is 13.6 Å². The second kappa shape index (κ2) is 6.23. The van der Waals surface area contributed by atoms with Gasteiger partial charge in [0.05, 0.1) is 11.3 Å². The number of nitrogens with two attached hydrogens (primary N) is 1. The Morgan fingerprint density at radius 3 is 2.77 bits per heavy atom. The monoisotopic (exact) mass is 370 g/mol. The normalized spacial score (nSPS) is 11.0. The highest BCUT2D eigenvalue weighted by atomic mass is 32.1. The summed E-state index contributed by atoms with van der Waals surface area (Å²) < 4.78 is 28.6. The summed E-state index contributed by atoms with van der Waals surface area (Å²) in [6.45, 7) is 0. The number of fused-ring (bicyclic) bond motifs is 1. The number of nitrogens with one attached hydrogen (secondary N) is 2. The minimum absolute atomic E-state index is 0.00444. The quantitative estimate of drug-likeness (QED) is 0.467. The largest absolute Gasteiger partial charge is 0.396 e. The Balaban J connectivity index is 1.73. The van der Waals surface area contributed by atoms with Crippen molar-refractivity contribution in [3.63, 3.8) is 0 Å². The average molecular weight is 370 g/mol. The number of hydrogen-bond donors (Lipinski definition) is 3. The fourth-order valence-corrected chi connectivity index (χ4v) is 3.28. The molecule has 1 amide bonds. The number of halogens is 2. The zero-order valence-electron chi connectivity index (χ0n) is 13.2. The second-order valence-corrected chi connectivity index (χ2v) is 6.40. The third kappa shape index (κ3) is 2.70. The van der Waals surface area contributed by atoms with E-state index in [-0.39, 0.29) is 28.5 Å². The van der Waals surface area contributed by atoms with Gasteiger partial charge in [0.1, 0.15) is 11.3 Å². The number of amides is 1. The van der Waals surface area contributed by atoms with Crippen LogP contribution in [0.15, 0.2) is 47.2 Å². The summed E-state index contributed by atoms with van der Waals surface area (Å²) in [5, 5.41) is 13.1. The van der Waals surface area contributed by atoms with Gasteiger partial charge in [0.2, 0.25) is 0 Å². The van der Waals surface area contributed by atoms with Crippen LogP contribution in [0.25, 0.3) is 22.0 Å². The average Bonchev–Trinajstić information content (AvgIpc) is 3.28. The van der Waals surface area contributed by atoms with Crippen molar-refractivity contribution in [3.8, 4) is 11.1 Å². The number of H-pyrrole nitrogens is 1. The van der Waals surface area contributed by atoms with Crippen LogP contribution in [0.4, 0.5) is 20.3 Å². The van der Waals surface area contributed by atoms with Gasteiger partial charge in [-0.25, -0.2) is 8.78 Å². The summed E-state index contributed by atoms with van der Waals surface area (Å²) in [5.74, 6) is -1.31. The Morgan fingerprint density at radius 1 is 1.19 bits per heavy atom. The number of hydrogen-bond acceptors (Lipinski definition) is 4. The first-order chi connectivity index (χ1) is 12.5. The Bertz CT molecular complexity index is 1120. The van der Waals surface area contributed by atoms with Crippen molar-refractivity contribution >= 4 is 39.7 Å². The van der Waals surface area contributed by atoms with Crippen molar-refractivity contribution in [1.82, 2.24) is 10.2 Å². The van der Waals surface area contributed by atoms with Crippen LogP contribution in [-0.4, -0.2) is 16.1 Å². The number of aromatic amines is 1. The van der Waals surface area contributed by atoms with Crippen LogP contribution in [0.1, 0.15) is 10.4 Å². The Kier molecular flexibility index (Phi) is 3.89. The first-order valence-corrected chi connectivity index (χ1v) is 8.54. The Hall–Kier alpha value is -3.26. The molecule has 4 N–H and O–H groups in total. The molecule has 5 nitrogen and oxygen atoms in total. The molecule has 2 aromatic heterocycles. The van der Waals surface area contributed by atoms with Crippen LogP contribution in [0.5, 0.6) is 0 Å². The summed E-state index contributed by atoms with van der Waals surface area (Å²) in [7, 11) is 0. The molecule has 2 aromatic carbocycles. The van der Waals surface area contributed by atoms with Gasteiger partial charge in [-0.15, -0.1) is 0 Å². The molecule has 8 heteroatoms. The second-order valence-electron chi connectivity index (χ2n) is 5.62. The number of aromatic nitrogens is 2. The molecule has 0 bridgehead atoms. The van der Waals surface area contributed by atoms with E-state index in [1.54, 1.807) is 22.9 Å². The minimum atomic E-state index is -0.615. The van der Waals surface area contributed by atoms with Gasteiger partial charge in [-0.05, 0) is 35.2 Å². The summed E-state index contributed by atoms with van der Waals surface area (Å²) in [6.07, 6.45) is 0. The molecule has 0 saturated heterocycles. The molecular formula is C18H12F2N4OS. The highest BCUT2D eigenvalue weighted by Crippen LogP contribution is 2.32. The predicted molar refractivity (Wildman–Crippen MR) is 98.1 cm³/mol. The predicted octanol–water partition coefficient (Wildman–Crippen LogP) is 4.40. The Labute approximate surface area is 150 Å². The lowest BCUT2D eigenvalue weighted by Crippen LogP contribution is -2.11. The van der Waals surface area contributed by atoms with Crippen molar-refractivity contribution in [2.24, 2.45) is 0 Å². The van der Waals surface area contributed by atoms with Crippen LogP contribution in [-0.2, 0) is 0 Å². The maximum atomic E-state index is 14.9. The molecule has 0 unspecified atom stereocenters. The van der Waals surface area contributed by atoms with E-state index in [2.05, 4.69) is 15.5 Å². The maximum absolute atomic E-state index is 14.9. The molecule has 0 atom stereocenters. The van der Waals surface area contributed by atoms with E-state index in [1.807, 2.05) is 0 Å². The lowest BCUT2D eigenvalue weighted by Gasteiger charge is -2.06. The molecule has 0 aliphatic heterocycles. The number of carbonyl (C=O) groups excluding carboxylic acids is 1. The number of nitrogen functional groups attached to an aromatic ring is 1. The molecule has 0 radical (unpaired) electrons. The van der Waals surface area contributed by atoms with Crippen LogP contribution >= 0.6 is 11.3 Å². The number of anilines is 2. The number of benzene rings is 2. The maximum Gasteiger partial charge on any atom is 0.257 e. The van der Waals surface area contributed by atoms with Gasteiger partial charge in [0.25, 0.3) is 5.91 Å². The molecule has 0 fully saturated rings. The lowest BCUT2D eigenvalue weighted by molar-refractivity contribution is 0.102. The van der Waals surface area contributed by atoms with Gasteiger partial charge in [-0.3, -0.25) is 9.89 Å². The summed E-state index contributed by atoms with van der Waals surface area (Å²) in [5.41, 5.74) is 6.64. The standard InChI is InChI=1S/C18H12F2N4OS/c19-13-7-9(1-4-14(13)21)11-2-3-12-16(15(11)20)23-24-17(12)22-18(25)10-5-6-26-8-10/h1-8H,21H2,(H2,22,23,24,25). The molecule has 130 valence electrons. The van der Waals surface area contributed by atoms with E-state index in [4.69, 9.17) is 5.73 Å². The van der Waals surface area contributed by atoms with Crippen molar-refractivity contribution in [2.45, 2.75) is 0 Å². The third-order valence-corrected chi connectivity index (χ3v) is 4.69. The summed E-state index contributed by atoms with van der Waals surface area (Å²) >= 11 is 1.40. The first kappa shape index (κ1) is 16.2. The van der Waals surface area contributed by atoms with E-state index >= 15 is 0 Å². The third-order valence-electron chi connectivity index (χ3n) is 4.00.